The van der Waals surface area contributed by atoms with Crippen molar-refractivity contribution in [2.45, 2.75) is 37.0 Å². The predicted octanol–water partition coefficient (Wildman–Crippen LogP) is 2.39. The molecular formula is C20H30N4O2S. The predicted molar refractivity (Wildman–Crippen MR) is 113 cm³/mol. The Hall–Kier alpha value is -1.73. The molecular weight excluding hydrogens is 360 g/mol. The molecule has 148 valence electrons. The number of nitrogens with one attached hydrogen (secondary N) is 2. The van der Waals surface area contributed by atoms with E-state index in [0.29, 0.717) is 13.0 Å². The van der Waals surface area contributed by atoms with Crippen molar-refractivity contribution in [3.05, 3.63) is 29.8 Å². The smallest absolute Gasteiger partial charge is 0.227 e. The summed E-state index contributed by atoms with van der Waals surface area (Å²) in [5.41, 5.74) is 2.16. The second-order valence-corrected chi connectivity index (χ2v) is 8.37. The number of carbonyl (C=O) groups is 1. The minimum Gasteiger partial charge on any atom is -0.381 e. The van der Waals surface area contributed by atoms with Crippen LogP contribution < -0.4 is 15.5 Å². The van der Waals surface area contributed by atoms with Crippen LogP contribution in [-0.4, -0.2) is 56.2 Å². The molecule has 7 heteroatoms. The lowest BCUT2D eigenvalue weighted by molar-refractivity contribution is -0.117. The summed E-state index contributed by atoms with van der Waals surface area (Å²) in [6.45, 7) is 4.08. The Morgan fingerprint density at radius 2 is 2.00 bits per heavy atom. The SMILES string of the molecule is CN=C(NCc1ccc(N2CCCC2=O)cc1)NCC1(SC)CCOCC1. The van der Waals surface area contributed by atoms with E-state index in [9.17, 15) is 4.79 Å². The molecule has 6 nitrogen and oxygen atoms in total. The number of guanidine groups is 1. The van der Waals surface area contributed by atoms with Crippen LogP contribution in [0.2, 0.25) is 0 Å². The van der Waals surface area contributed by atoms with Crippen LogP contribution in [0.1, 0.15) is 31.2 Å². The van der Waals surface area contributed by atoms with Crippen LogP contribution in [0.5, 0.6) is 0 Å². The average Bonchev–Trinajstić information content (AvgIpc) is 3.15. The number of ether oxygens (including phenoxy) is 1. The molecule has 0 aromatic heterocycles. The molecule has 2 heterocycles. The zero-order valence-electron chi connectivity index (χ0n) is 16.3. The van der Waals surface area contributed by atoms with Crippen molar-refractivity contribution >= 4 is 29.3 Å². The van der Waals surface area contributed by atoms with Gasteiger partial charge in [0.15, 0.2) is 5.96 Å². The van der Waals surface area contributed by atoms with Crippen molar-refractivity contribution in [2.75, 3.05) is 44.5 Å². The number of anilines is 1. The molecule has 2 saturated heterocycles. The minimum atomic E-state index is 0.222. The van der Waals surface area contributed by atoms with Gasteiger partial charge in [0.2, 0.25) is 5.91 Å². The van der Waals surface area contributed by atoms with Crippen LogP contribution in [-0.2, 0) is 16.1 Å². The Bertz CT molecular complexity index is 656. The third-order valence-corrected chi connectivity index (χ3v) is 6.84. The Balaban J connectivity index is 1.49. The lowest BCUT2D eigenvalue weighted by Gasteiger charge is -2.36. The Morgan fingerprint density at radius 3 is 2.59 bits per heavy atom. The zero-order valence-corrected chi connectivity index (χ0v) is 17.1. The summed E-state index contributed by atoms with van der Waals surface area (Å²) in [5.74, 6) is 1.04. The highest BCUT2D eigenvalue weighted by Gasteiger charge is 2.31. The van der Waals surface area contributed by atoms with Gasteiger partial charge in [0.1, 0.15) is 0 Å². The third-order valence-electron chi connectivity index (χ3n) is 5.42. The summed E-state index contributed by atoms with van der Waals surface area (Å²) in [6.07, 6.45) is 5.92. The summed E-state index contributed by atoms with van der Waals surface area (Å²) in [4.78, 5) is 18.1. The summed E-state index contributed by atoms with van der Waals surface area (Å²) < 4.78 is 5.73. The monoisotopic (exact) mass is 390 g/mol. The van der Waals surface area contributed by atoms with Crippen LogP contribution in [0.25, 0.3) is 0 Å². The van der Waals surface area contributed by atoms with Gasteiger partial charge >= 0.3 is 0 Å². The van der Waals surface area contributed by atoms with Gasteiger partial charge < -0.3 is 20.3 Å². The lowest BCUT2D eigenvalue weighted by atomic mass is 9.99. The first-order valence-electron chi connectivity index (χ1n) is 9.62. The Kier molecular flexibility index (Phi) is 7.01. The molecule has 0 spiro atoms. The number of nitrogens with zero attached hydrogens (tertiary/aromatic N) is 2. The Labute approximate surface area is 166 Å². The molecule has 1 amide bonds. The molecule has 0 aliphatic carbocycles. The highest BCUT2D eigenvalue weighted by Crippen LogP contribution is 2.32. The number of carbonyl (C=O) groups excluding carboxylic acids is 1. The molecule has 1 aromatic rings. The van der Waals surface area contributed by atoms with Crippen LogP contribution in [0, 0.1) is 0 Å². The van der Waals surface area contributed by atoms with E-state index < -0.39 is 0 Å². The quantitative estimate of drug-likeness (QED) is 0.577. The number of amides is 1. The van der Waals surface area contributed by atoms with Crippen molar-refractivity contribution in [3.8, 4) is 0 Å². The van der Waals surface area contributed by atoms with Gasteiger partial charge in [-0.2, -0.15) is 11.8 Å². The molecule has 1 aromatic carbocycles. The fourth-order valence-electron chi connectivity index (χ4n) is 3.56. The van der Waals surface area contributed by atoms with Gasteiger partial charge in [-0.1, -0.05) is 12.1 Å². The molecule has 2 aliphatic rings. The van der Waals surface area contributed by atoms with Crippen LogP contribution in [0.15, 0.2) is 29.3 Å². The second kappa shape index (κ2) is 9.46. The lowest BCUT2D eigenvalue weighted by Crippen LogP contribution is -2.47. The molecule has 0 unspecified atom stereocenters. The summed E-state index contributed by atoms with van der Waals surface area (Å²) >= 11 is 1.92. The summed E-state index contributed by atoms with van der Waals surface area (Å²) in [6, 6.07) is 8.20. The molecule has 0 saturated carbocycles. The molecule has 2 fully saturated rings. The molecule has 3 rings (SSSR count). The molecule has 0 radical (unpaired) electrons. The maximum atomic E-state index is 11.8. The van der Waals surface area contributed by atoms with Crippen LogP contribution in [0.4, 0.5) is 5.69 Å². The van der Waals surface area contributed by atoms with E-state index >= 15 is 0 Å². The maximum absolute atomic E-state index is 11.8. The molecule has 27 heavy (non-hydrogen) atoms. The van der Waals surface area contributed by atoms with Gasteiger partial charge in [0.25, 0.3) is 0 Å². The molecule has 0 atom stereocenters. The van der Waals surface area contributed by atoms with E-state index in [1.54, 1.807) is 7.05 Å². The summed E-state index contributed by atoms with van der Waals surface area (Å²) in [5, 5.41) is 6.85. The van der Waals surface area contributed by atoms with E-state index in [1.807, 2.05) is 28.8 Å². The van der Waals surface area contributed by atoms with Gasteiger partial charge in [-0.3, -0.25) is 9.79 Å². The second-order valence-electron chi connectivity index (χ2n) is 7.09. The zero-order chi connectivity index (χ0) is 19.1. The highest BCUT2D eigenvalue weighted by atomic mass is 32.2. The van der Waals surface area contributed by atoms with Gasteiger partial charge in [-0.05, 0) is 43.2 Å². The van der Waals surface area contributed by atoms with Gasteiger partial charge in [-0.25, -0.2) is 0 Å². The van der Waals surface area contributed by atoms with Gasteiger partial charge in [0.05, 0.1) is 0 Å². The van der Waals surface area contributed by atoms with Gasteiger partial charge in [-0.15, -0.1) is 0 Å². The minimum absolute atomic E-state index is 0.222. The van der Waals surface area contributed by atoms with E-state index in [2.05, 4.69) is 34.0 Å². The topological polar surface area (TPSA) is 66.0 Å². The first kappa shape index (κ1) is 20.0. The third kappa shape index (κ3) is 5.17. The average molecular weight is 391 g/mol. The summed E-state index contributed by atoms with van der Waals surface area (Å²) in [7, 11) is 1.80. The van der Waals surface area contributed by atoms with E-state index in [0.717, 1.165) is 57.2 Å². The molecule has 2 aliphatic heterocycles. The highest BCUT2D eigenvalue weighted by molar-refractivity contribution is 8.00. The van der Waals surface area contributed by atoms with E-state index in [4.69, 9.17) is 4.74 Å². The maximum Gasteiger partial charge on any atom is 0.227 e. The van der Waals surface area contributed by atoms with Crippen molar-refractivity contribution in [1.82, 2.24) is 10.6 Å². The number of aliphatic imine (C=N–C) groups is 1. The fraction of sp³-hybridized carbons (Fsp3) is 0.600. The number of benzene rings is 1. The fourth-order valence-corrected chi connectivity index (χ4v) is 4.35. The van der Waals surface area contributed by atoms with Crippen LogP contribution in [0.3, 0.4) is 0 Å². The number of rotatable bonds is 6. The van der Waals surface area contributed by atoms with Crippen molar-refractivity contribution < 1.29 is 9.53 Å². The van der Waals surface area contributed by atoms with E-state index in [1.165, 1.54) is 5.56 Å². The first-order valence-corrected chi connectivity index (χ1v) is 10.8. The number of hydrogen-bond donors (Lipinski definition) is 2. The largest absolute Gasteiger partial charge is 0.381 e. The van der Waals surface area contributed by atoms with E-state index in [-0.39, 0.29) is 10.7 Å². The van der Waals surface area contributed by atoms with Crippen molar-refractivity contribution in [2.24, 2.45) is 4.99 Å². The van der Waals surface area contributed by atoms with Crippen molar-refractivity contribution in [3.63, 3.8) is 0 Å². The Morgan fingerprint density at radius 1 is 1.26 bits per heavy atom. The van der Waals surface area contributed by atoms with Crippen molar-refractivity contribution in [1.29, 1.82) is 0 Å². The van der Waals surface area contributed by atoms with Gasteiger partial charge in [0, 0.05) is 56.8 Å². The van der Waals surface area contributed by atoms with Crippen LogP contribution >= 0.6 is 11.8 Å². The number of hydrogen-bond acceptors (Lipinski definition) is 4. The normalized spacial score (nSPS) is 20.0. The standard InChI is InChI=1S/C20H30N4O2S/c1-21-19(23-15-20(27-2)9-12-26-13-10-20)22-14-16-5-7-17(8-6-16)24-11-3-4-18(24)25/h5-8H,3-4,9-15H2,1-2H3,(H2,21,22,23). The molecule has 2 N–H and O–H groups in total. The molecule has 0 bridgehead atoms. The number of thioether (sulfide) groups is 1. The first-order chi connectivity index (χ1) is 13.2.